The van der Waals surface area contributed by atoms with E-state index in [1.54, 1.807) is 0 Å². The lowest BCUT2D eigenvalue weighted by Gasteiger charge is -2.26. The number of para-hydroxylation sites is 1. The Balaban J connectivity index is 1.57. The van der Waals surface area contributed by atoms with E-state index in [4.69, 9.17) is 4.74 Å². The van der Waals surface area contributed by atoms with Crippen LogP contribution in [-0.2, 0) is 11.2 Å². The summed E-state index contributed by atoms with van der Waals surface area (Å²) in [6.07, 6.45) is 1.38. The van der Waals surface area contributed by atoms with Crippen molar-refractivity contribution in [2.45, 2.75) is 18.8 Å². The van der Waals surface area contributed by atoms with Gasteiger partial charge < -0.3 is 10.1 Å². The molecule has 21 heavy (non-hydrogen) atoms. The van der Waals surface area contributed by atoms with E-state index in [-0.39, 0.29) is 5.91 Å². The minimum Gasteiger partial charge on any atom is -0.493 e. The highest BCUT2D eigenvalue weighted by Crippen LogP contribution is 2.32. The molecule has 0 saturated heterocycles. The Morgan fingerprint density at radius 3 is 2.71 bits per heavy atom. The summed E-state index contributed by atoms with van der Waals surface area (Å²) in [6, 6.07) is 17.9. The van der Waals surface area contributed by atoms with Crippen LogP contribution in [0.15, 0.2) is 54.6 Å². The summed E-state index contributed by atoms with van der Waals surface area (Å²) in [5.74, 6) is 1.37. The molecule has 0 aliphatic carbocycles. The zero-order valence-corrected chi connectivity index (χ0v) is 11.9. The van der Waals surface area contributed by atoms with Crippen molar-refractivity contribution in [1.82, 2.24) is 5.32 Å². The Kier molecular flexibility index (Phi) is 4.20. The van der Waals surface area contributed by atoms with Gasteiger partial charge in [0, 0.05) is 12.5 Å². The number of rotatable bonds is 4. The predicted octanol–water partition coefficient (Wildman–Crippen LogP) is 2.91. The number of ether oxygens (including phenoxy) is 1. The molecule has 0 bridgehead atoms. The molecule has 108 valence electrons. The van der Waals surface area contributed by atoms with Crippen molar-refractivity contribution in [3.05, 3.63) is 65.7 Å². The molecule has 0 radical (unpaired) electrons. The third-order valence-corrected chi connectivity index (χ3v) is 3.84. The average molecular weight is 281 g/mol. The molecule has 3 rings (SSSR count). The zero-order chi connectivity index (χ0) is 14.5. The molecule has 0 spiro atoms. The minimum absolute atomic E-state index is 0.0742. The molecule has 3 heteroatoms. The lowest BCUT2D eigenvalue weighted by Crippen LogP contribution is -2.31. The fourth-order valence-electron chi connectivity index (χ4n) is 2.71. The Labute approximate surface area is 124 Å². The second-order valence-electron chi connectivity index (χ2n) is 5.34. The molecule has 1 amide bonds. The van der Waals surface area contributed by atoms with Crippen molar-refractivity contribution in [2.75, 3.05) is 13.2 Å². The van der Waals surface area contributed by atoms with E-state index >= 15 is 0 Å². The van der Waals surface area contributed by atoms with E-state index < -0.39 is 0 Å². The molecule has 1 aliphatic rings. The number of fused-ring (bicyclic) bond motifs is 1. The van der Waals surface area contributed by atoms with Crippen LogP contribution in [-0.4, -0.2) is 19.1 Å². The van der Waals surface area contributed by atoms with Gasteiger partial charge in [-0.25, -0.2) is 0 Å². The van der Waals surface area contributed by atoms with Gasteiger partial charge in [-0.1, -0.05) is 48.5 Å². The average Bonchev–Trinajstić information content (AvgIpc) is 2.54. The van der Waals surface area contributed by atoms with Gasteiger partial charge in [-0.2, -0.15) is 0 Å². The van der Waals surface area contributed by atoms with Gasteiger partial charge in [-0.15, -0.1) is 0 Å². The summed E-state index contributed by atoms with van der Waals surface area (Å²) in [5, 5.41) is 3.05. The highest BCUT2D eigenvalue weighted by Gasteiger charge is 2.21. The topological polar surface area (TPSA) is 38.3 Å². The molecule has 0 saturated carbocycles. The Morgan fingerprint density at radius 1 is 1.10 bits per heavy atom. The maximum absolute atomic E-state index is 12.0. The number of hydrogen-bond acceptors (Lipinski definition) is 2. The predicted molar refractivity (Wildman–Crippen MR) is 82.5 cm³/mol. The molecule has 2 aromatic rings. The molecule has 1 heterocycles. The number of carbonyl (C=O) groups excluding carboxylic acids is 1. The van der Waals surface area contributed by atoms with Gasteiger partial charge in [-0.05, 0) is 23.6 Å². The van der Waals surface area contributed by atoms with E-state index in [9.17, 15) is 4.79 Å². The first kappa shape index (κ1) is 13.7. The van der Waals surface area contributed by atoms with Crippen molar-refractivity contribution in [2.24, 2.45) is 0 Å². The molecular formula is C18H19NO2. The molecule has 1 atom stereocenters. The van der Waals surface area contributed by atoms with Gasteiger partial charge in [0.2, 0.25) is 5.91 Å². The lowest BCUT2D eigenvalue weighted by molar-refractivity contribution is -0.120. The van der Waals surface area contributed by atoms with Crippen LogP contribution in [0.4, 0.5) is 0 Å². The molecule has 2 aromatic carbocycles. The second kappa shape index (κ2) is 6.44. The largest absolute Gasteiger partial charge is 0.493 e. The second-order valence-corrected chi connectivity index (χ2v) is 5.34. The Bertz CT molecular complexity index is 610. The summed E-state index contributed by atoms with van der Waals surface area (Å²) in [5.41, 5.74) is 2.24. The van der Waals surface area contributed by atoms with Crippen molar-refractivity contribution >= 4 is 5.91 Å². The molecule has 1 unspecified atom stereocenters. The minimum atomic E-state index is 0.0742. The Morgan fingerprint density at radius 2 is 1.86 bits per heavy atom. The highest BCUT2D eigenvalue weighted by molar-refractivity contribution is 5.78. The lowest BCUT2D eigenvalue weighted by atomic mass is 9.93. The van der Waals surface area contributed by atoms with Crippen molar-refractivity contribution in [3.8, 4) is 5.75 Å². The monoisotopic (exact) mass is 281 g/mol. The molecule has 1 aliphatic heterocycles. The van der Waals surface area contributed by atoms with Crippen molar-refractivity contribution in [1.29, 1.82) is 0 Å². The van der Waals surface area contributed by atoms with E-state index in [1.807, 2.05) is 48.5 Å². The standard InChI is InChI=1S/C18H19NO2/c20-18(12-14-6-2-1-3-7-14)19-13-15-10-11-21-17-9-5-4-8-16(15)17/h1-9,15H,10-13H2,(H,19,20). The van der Waals surface area contributed by atoms with Crippen LogP contribution in [0.5, 0.6) is 5.75 Å². The molecule has 0 aromatic heterocycles. The van der Waals surface area contributed by atoms with Crippen LogP contribution >= 0.6 is 0 Å². The number of hydrogen-bond donors (Lipinski definition) is 1. The Hall–Kier alpha value is -2.29. The highest BCUT2D eigenvalue weighted by atomic mass is 16.5. The number of nitrogens with one attached hydrogen (secondary N) is 1. The van der Waals surface area contributed by atoms with Crippen molar-refractivity contribution < 1.29 is 9.53 Å². The van der Waals surface area contributed by atoms with Gasteiger partial charge in [0.05, 0.1) is 13.0 Å². The third-order valence-electron chi connectivity index (χ3n) is 3.84. The van der Waals surface area contributed by atoms with Gasteiger partial charge >= 0.3 is 0 Å². The summed E-state index contributed by atoms with van der Waals surface area (Å²) < 4.78 is 5.64. The summed E-state index contributed by atoms with van der Waals surface area (Å²) in [6.45, 7) is 1.39. The first-order chi connectivity index (χ1) is 10.3. The smallest absolute Gasteiger partial charge is 0.224 e. The number of carbonyl (C=O) groups is 1. The van der Waals surface area contributed by atoms with Crippen molar-refractivity contribution in [3.63, 3.8) is 0 Å². The zero-order valence-electron chi connectivity index (χ0n) is 11.9. The maximum Gasteiger partial charge on any atom is 0.224 e. The summed E-state index contributed by atoms with van der Waals surface area (Å²) in [4.78, 5) is 12.0. The first-order valence-electron chi connectivity index (χ1n) is 7.35. The molecular weight excluding hydrogens is 262 g/mol. The summed E-state index contributed by atoms with van der Waals surface area (Å²) >= 11 is 0. The van der Waals surface area contributed by atoms with Crippen LogP contribution in [0, 0.1) is 0 Å². The van der Waals surface area contributed by atoms with Gasteiger partial charge in [-0.3, -0.25) is 4.79 Å². The first-order valence-corrected chi connectivity index (χ1v) is 7.35. The number of amides is 1. The van der Waals surface area contributed by atoms with Crippen LogP contribution < -0.4 is 10.1 Å². The SMILES string of the molecule is O=C(Cc1ccccc1)NCC1CCOc2ccccc21. The van der Waals surface area contributed by atoms with Crippen LogP contribution in [0.1, 0.15) is 23.5 Å². The fraction of sp³-hybridized carbons (Fsp3) is 0.278. The molecule has 1 N–H and O–H groups in total. The van der Waals surface area contributed by atoms with Gasteiger partial charge in [0.25, 0.3) is 0 Å². The third kappa shape index (κ3) is 3.43. The molecule has 0 fully saturated rings. The van der Waals surface area contributed by atoms with Crippen LogP contribution in [0.2, 0.25) is 0 Å². The van der Waals surface area contributed by atoms with Crippen LogP contribution in [0.25, 0.3) is 0 Å². The molecule has 3 nitrogen and oxygen atoms in total. The maximum atomic E-state index is 12.0. The number of benzene rings is 2. The van der Waals surface area contributed by atoms with Crippen LogP contribution in [0.3, 0.4) is 0 Å². The van der Waals surface area contributed by atoms with Gasteiger partial charge in [0.1, 0.15) is 5.75 Å². The van der Waals surface area contributed by atoms with Gasteiger partial charge in [0.15, 0.2) is 0 Å². The van der Waals surface area contributed by atoms with E-state index in [1.165, 1.54) is 5.56 Å². The fourth-order valence-corrected chi connectivity index (χ4v) is 2.71. The van der Waals surface area contributed by atoms with E-state index in [2.05, 4.69) is 11.4 Å². The quantitative estimate of drug-likeness (QED) is 0.935. The van der Waals surface area contributed by atoms with E-state index in [0.29, 0.717) is 18.9 Å². The van der Waals surface area contributed by atoms with E-state index in [0.717, 1.165) is 24.3 Å². The normalized spacial score (nSPS) is 16.7. The summed E-state index contributed by atoms with van der Waals surface area (Å²) in [7, 11) is 0.